The van der Waals surface area contributed by atoms with Crippen LogP contribution in [-0.2, 0) is 29.0 Å². The first-order valence-corrected chi connectivity index (χ1v) is 9.19. The first kappa shape index (κ1) is 19.2. The van der Waals surface area contributed by atoms with Crippen LogP contribution in [0.15, 0.2) is 42.5 Å². The van der Waals surface area contributed by atoms with Gasteiger partial charge < -0.3 is 4.57 Å². The van der Waals surface area contributed by atoms with E-state index in [1.807, 2.05) is 35.8 Å². The Kier molecular flexibility index (Phi) is 5.98. The lowest BCUT2D eigenvalue weighted by molar-refractivity contribution is -0.128. The number of fused-ring (bicyclic) bond motifs is 1. The molecule has 27 heavy (non-hydrogen) atoms. The Morgan fingerprint density at radius 2 is 1.81 bits per heavy atom. The maximum Gasteiger partial charge on any atom is 0.258 e. The second kappa shape index (κ2) is 8.41. The summed E-state index contributed by atoms with van der Waals surface area (Å²) < 4.78 is 1.84. The fourth-order valence-corrected chi connectivity index (χ4v) is 3.25. The van der Waals surface area contributed by atoms with Gasteiger partial charge in [-0.05, 0) is 29.8 Å². The highest BCUT2D eigenvalue weighted by molar-refractivity contribution is 6.35. The fraction of sp³-hybridized carbons (Fsp3) is 0.211. The third kappa shape index (κ3) is 4.59. The van der Waals surface area contributed by atoms with Gasteiger partial charge in [0.15, 0.2) is 0 Å². The van der Waals surface area contributed by atoms with E-state index in [4.69, 9.17) is 23.2 Å². The zero-order valence-electron chi connectivity index (χ0n) is 14.6. The minimum atomic E-state index is -0.376. The topological polar surface area (TPSA) is 76.0 Å². The van der Waals surface area contributed by atoms with E-state index in [0.717, 1.165) is 16.9 Å². The molecule has 0 aliphatic carbocycles. The minimum Gasteiger partial charge on any atom is -0.318 e. The lowest BCUT2D eigenvalue weighted by atomic mass is 10.1. The number of nitrogens with zero attached hydrogens (tertiary/aromatic N) is 2. The van der Waals surface area contributed by atoms with Gasteiger partial charge in [0.05, 0.1) is 17.5 Å². The summed E-state index contributed by atoms with van der Waals surface area (Å²) in [6.07, 6.45) is 0.730. The van der Waals surface area contributed by atoms with Crippen LogP contribution in [0.3, 0.4) is 0 Å². The maximum atomic E-state index is 12.3. The summed E-state index contributed by atoms with van der Waals surface area (Å²) in [6, 6.07) is 12.5. The van der Waals surface area contributed by atoms with E-state index < -0.39 is 0 Å². The monoisotopic (exact) mass is 404 g/mol. The van der Waals surface area contributed by atoms with Crippen molar-refractivity contribution >= 4 is 46.0 Å². The highest BCUT2D eigenvalue weighted by Gasteiger charge is 2.13. The number of nitrogens with one attached hydrogen (secondary N) is 2. The molecule has 0 spiro atoms. The molecular weight excluding hydrogens is 387 g/mol. The lowest BCUT2D eigenvalue weighted by Gasteiger charge is -2.11. The van der Waals surface area contributed by atoms with Crippen molar-refractivity contribution in [3.8, 4) is 0 Å². The van der Waals surface area contributed by atoms with Crippen molar-refractivity contribution in [3.05, 3.63) is 63.9 Å². The van der Waals surface area contributed by atoms with E-state index in [1.54, 1.807) is 18.2 Å². The molecule has 0 aliphatic rings. The normalized spacial score (nSPS) is 10.8. The molecule has 0 saturated heterocycles. The number of rotatable bonds is 5. The number of para-hydroxylation sites is 2. The van der Waals surface area contributed by atoms with Crippen molar-refractivity contribution in [2.45, 2.75) is 26.3 Å². The first-order chi connectivity index (χ1) is 13.0. The highest BCUT2D eigenvalue weighted by Crippen LogP contribution is 2.21. The lowest BCUT2D eigenvalue weighted by Crippen LogP contribution is -2.44. The molecule has 0 radical (unpaired) electrons. The number of aromatic nitrogens is 2. The summed E-state index contributed by atoms with van der Waals surface area (Å²) in [6.45, 7) is 2.04. The number of aryl methyl sites for hydroxylation is 1. The maximum absolute atomic E-state index is 12.3. The summed E-state index contributed by atoms with van der Waals surface area (Å²) in [5, 5.41) is 0.901. The van der Waals surface area contributed by atoms with Crippen LogP contribution in [0.5, 0.6) is 0 Å². The third-order valence-electron chi connectivity index (χ3n) is 4.06. The molecule has 140 valence electrons. The van der Waals surface area contributed by atoms with E-state index in [9.17, 15) is 9.59 Å². The van der Waals surface area contributed by atoms with Gasteiger partial charge in [0.1, 0.15) is 12.4 Å². The molecular formula is C19H18Cl2N4O2. The molecule has 0 unspecified atom stereocenters. The van der Waals surface area contributed by atoms with Gasteiger partial charge in [-0.15, -0.1) is 0 Å². The van der Waals surface area contributed by atoms with Crippen LogP contribution in [0, 0.1) is 0 Å². The van der Waals surface area contributed by atoms with E-state index in [0.29, 0.717) is 22.0 Å². The Morgan fingerprint density at radius 3 is 2.56 bits per heavy atom. The molecule has 0 saturated carbocycles. The molecule has 2 N–H and O–H groups in total. The molecule has 0 aliphatic heterocycles. The zero-order chi connectivity index (χ0) is 19.4. The quantitative estimate of drug-likeness (QED) is 0.640. The molecule has 0 atom stereocenters. The summed E-state index contributed by atoms with van der Waals surface area (Å²) in [7, 11) is 0. The molecule has 0 bridgehead atoms. The largest absolute Gasteiger partial charge is 0.318 e. The second-order valence-corrected chi connectivity index (χ2v) is 6.81. The number of benzene rings is 2. The fourth-order valence-electron chi connectivity index (χ4n) is 2.78. The van der Waals surface area contributed by atoms with Gasteiger partial charge in [-0.1, -0.05) is 48.3 Å². The Balaban J connectivity index is 1.61. The van der Waals surface area contributed by atoms with Gasteiger partial charge in [0, 0.05) is 16.5 Å². The van der Waals surface area contributed by atoms with Gasteiger partial charge in [0.25, 0.3) is 5.91 Å². The molecule has 3 aromatic rings. The number of hydrazine groups is 1. The zero-order valence-corrected chi connectivity index (χ0v) is 16.1. The summed E-state index contributed by atoms with van der Waals surface area (Å²) >= 11 is 11.9. The number of hydrogen-bond acceptors (Lipinski definition) is 3. The van der Waals surface area contributed by atoms with Crippen molar-refractivity contribution < 1.29 is 9.59 Å². The van der Waals surface area contributed by atoms with Crippen LogP contribution in [-0.4, -0.2) is 21.4 Å². The van der Waals surface area contributed by atoms with Crippen LogP contribution < -0.4 is 10.9 Å². The first-order valence-electron chi connectivity index (χ1n) is 8.43. The Hall–Kier alpha value is -2.57. The van der Waals surface area contributed by atoms with E-state index in [-0.39, 0.29) is 24.8 Å². The Bertz CT molecular complexity index is 1000. The minimum absolute atomic E-state index is 0.0322. The average Bonchev–Trinajstić information content (AvgIpc) is 3.00. The predicted octanol–water partition coefficient (Wildman–Crippen LogP) is 3.30. The van der Waals surface area contributed by atoms with Crippen LogP contribution >= 0.6 is 23.2 Å². The van der Waals surface area contributed by atoms with Gasteiger partial charge in [-0.3, -0.25) is 20.4 Å². The van der Waals surface area contributed by atoms with Gasteiger partial charge in [-0.2, -0.15) is 0 Å². The average molecular weight is 405 g/mol. The number of carbonyl (C=O) groups is 2. The molecule has 1 aromatic heterocycles. The van der Waals surface area contributed by atoms with Crippen molar-refractivity contribution in [1.82, 2.24) is 20.4 Å². The van der Waals surface area contributed by atoms with Crippen molar-refractivity contribution in [1.29, 1.82) is 0 Å². The summed E-state index contributed by atoms with van der Waals surface area (Å²) in [4.78, 5) is 28.9. The highest BCUT2D eigenvalue weighted by atomic mass is 35.5. The number of halogens is 2. The van der Waals surface area contributed by atoms with Gasteiger partial charge in [-0.25, -0.2) is 4.98 Å². The summed E-state index contributed by atoms with van der Waals surface area (Å²) in [5.41, 5.74) is 7.18. The predicted molar refractivity (Wildman–Crippen MR) is 106 cm³/mol. The summed E-state index contributed by atoms with van der Waals surface area (Å²) in [5.74, 6) is 0.0906. The second-order valence-electron chi connectivity index (χ2n) is 5.97. The number of hydrogen-bond donors (Lipinski definition) is 2. The molecule has 2 amide bonds. The molecule has 1 heterocycles. The smallest absolute Gasteiger partial charge is 0.258 e. The molecule has 2 aromatic carbocycles. The van der Waals surface area contributed by atoms with Crippen LogP contribution in [0.2, 0.25) is 10.0 Å². The number of imidazole rings is 1. The van der Waals surface area contributed by atoms with Gasteiger partial charge in [0.2, 0.25) is 5.91 Å². The SMILES string of the molecule is CCc1nc2ccccc2n1CC(=O)NNC(=O)Cc1ccc(Cl)cc1Cl. The van der Waals surface area contributed by atoms with Crippen LogP contribution in [0.1, 0.15) is 18.3 Å². The van der Waals surface area contributed by atoms with Crippen LogP contribution in [0.4, 0.5) is 0 Å². The van der Waals surface area contributed by atoms with Crippen molar-refractivity contribution in [2.24, 2.45) is 0 Å². The van der Waals surface area contributed by atoms with Crippen LogP contribution in [0.25, 0.3) is 11.0 Å². The molecule has 6 nitrogen and oxygen atoms in total. The van der Waals surface area contributed by atoms with Crippen molar-refractivity contribution in [2.75, 3.05) is 0 Å². The molecule has 3 rings (SSSR count). The standard InChI is InChI=1S/C19H18Cl2N4O2/c1-2-17-22-15-5-3-4-6-16(15)25(17)11-19(27)24-23-18(26)9-12-7-8-13(20)10-14(12)21/h3-8,10H,2,9,11H2,1H3,(H,23,26)(H,24,27). The van der Waals surface area contributed by atoms with E-state index in [2.05, 4.69) is 15.8 Å². The Morgan fingerprint density at radius 1 is 1.07 bits per heavy atom. The number of carbonyl (C=O) groups excluding carboxylic acids is 2. The Labute approximate surface area is 166 Å². The van der Waals surface area contributed by atoms with E-state index in [1.165, 1.54) is 0 Å². The number of amides is 2. The van der Waals surface area contributed by atoms with E-state index >= 15 is 0 Å². The third-order valence-corrected chi connectivity index (χ3v) is 4.65. The molecule has 0 fully saturated rings. The van der Waals surface area contributed by atoms with Crippen molar-refractivity contribution in [3.63, 3.8) is 0 Å². The molecule has 8 heteroatoms. The van der Waals surface area contributed by atoms with Gasteiger partial charge >= 0.3 is 0 Å².